The monoisotopic (exact) mass is 334 g/mol. The maximum Gasteiger partial charge on any atom is 0.0787 e. The molecule has 0 saturated carbocycles. The first-order chi connectivity index (χ1) is 14.0. The molecule has 0 fully saturated rings. The van der Waals surface area contributed by atoms with Crippen LogP contribution < -0.4 is 0 Å². The minimum absolute atomic E-state index is 0.283. The van der Waals surface area contributed by atoms with Gasteiger partial charge in [0, 0.05) is 21.1 Å². The quantitative estimate of drug-likeness (QED) is 0.292. The third kappa shape index (κ3) is 1.72. The molecule has 0 saturated heterocycles. The van der Waals surface area contributed by atoms with Crippen molar-refractivity contribution in [2.24, 2.45) is 0 Å². The first-order valence-electron chi connectivity index (χ1n) is 10.4. The van der Waals surface area contributed by atoms with Crippen LogP contribution in [0.25, 0.3) is 43.6 Å². The molecule has 0 radical (unpaired) electrons. The smallest absolute Gasteiger partial charge is 0.0787 e. The van der Waals surface area contributed by atoms with Gasteiger partial charge in [-0.1, -0.05) is 60.7 Å². The Bertz CT molecular complexity index is 1460. The van der Waals surface area contributed by atoms with Gasteiger partial charge >= 0.3 is 0 Å². The van der Waals surface area contributed by atoms with Crippen molar-refractivity contribution in [1.82, 2.24) is 4.98 Å². The number of hydrogen-bond donors (Lipinski definition) is 0. The van der Waals surface area contributed by atoms with Crippen LogP contribution in [0, 0.1) is 6.85 Å². The molecule has 1 nitrogen and oxygen atoms in total. The van der Waals surface area contributed by atoms with Crippen molar-refractivity contribution in [2.45, 2.75) is 13.3 Å². The van der Waals surface area contributed by atoms with Crippen LogP contribution >= 0.6 is 0 Å². The van der Waals surface area contributed by atoms with Gasteiger partial charge in [-0.3, -0.25) is 4.98 Å². The summed E-state index contributed by atoms with van der Waals surface area (Å²) in [6, 6.07) is 23.0. The van der Waals surface area contributed by atoms with Gasteiger partial charge in [0.1, 0.15) is 0 Å². The lowest BCUT2D eigenvalue weighted by Crippen LogP contribution is -1.90. The van der Waals surface area contributed by atoms with Gasteiger partial charge in [-0.2, -0.15) is 0 Å². The van der Waals surface area contributed by atoms with E-state index in [1.807, 2.05) is 18.2 Å². The second kappa shape index (κ2) is 4.92. The Hall–Kier alpha value is -3.19. The van der Waals surface area contributed by atoms with E-state index in [9.17, 15) is 0 Å². The van der Waals surface area contributed by atoms with Crippen molar-refractivity contribution in [3.8, 4) is 11.1 Å². The zero-order chi connectivity index (χ0) is 19.8. The summed E-state index contributed by atoms with van der Waals surface area (Å²) in [6.07, 6.45) is 2.41. The SMILES string of the molecule is [2H]C([2H])([2H])c1cnc2c3ccccc3c3ccc4c(c3c2c1)-c1ccccc1C4. The first-order valence-corrected chi connectivity index (χ1v) is 8.87. The number of aryl methyl sites for hydroxylation is 1. The molecule has 0 amide bonds. The number of fused-ring (bicyclic) bond motifs is 10. The van der Waals surface area contributed by atoms with E-state index < -0.39 is 6.85 Å². The predicted octanol–water partition coefficient (Wildman–Crippen LogP) is 6.42. The average Bonchev–Trinajstić information content (AvgIpc) is 3.11. The summed E-state index contributed by atoms with van der Waals surface area (Å²) in [7, 11) is 0. The molecular weight excluding hydrogens is 314 g/mol. The topological polar surface area (TPSA) is 12.9 Å². The van der Waals surface area contributed by atoms with E-state index in [2.05, 4.69) is 53.5 Å². The third-order valence-electron chi connectivity index (χ3n) is 5.59. The van der Waals surface area contributed by atoms with Crippen molar-refractivity contribution in [2.75, 3.05) is 0 Å². The highest BCUT2D eigenvalue weighted by molar-refractivity contribution is 6.28. The summed E-state index contributed by atoms with van der Waals surface area (Å²) < 4.78 is 23.6. The van der Waals surface area contributed by atoms with Crippen LogP contribution in [0.15, 0.2) is 72.9 Å². The highest BCUT2D eigenvalue weighted by Gasteiger charge is 2.23. The Morgan fingerprint density at radius 2 is 1.65 bits per heavy atom. The molecule has 0 N–H and O–H groups in total. The highest BCUT2D eigenvalue weighted by Crippen LogP contribution is 2.46. The Labute approximate surface area is 156 Å². The predicted molar refractivity (Wildman–Crippen MR) is 110 cm³/mol. The summed E-state index contributed by atoms with van der Waals surface area (Å²) in [4.78, 5) is 4.65. The average molecular weight is 334 g/mol. The third-order valence-corrected chi connectivity index (χ3v) is 5.59. The first kappa shape index (κ1) is 11.4. The molecule has 5 aromatic rings. The van der Waals surface area contributed by atoms with Crippen LogP contribution in [0.5, 0.6) is 0 Å². The fourth-order valence-corrected chi connectivity index (χ4v) is 4.52. The van der Waals surface area contributed by atoms with E-state index in [1.54, 1.807) is 0 Å². The number of aromatic nitrogens is 1. The van der Waals surface area contributed by atoms with E-state index in [4.69, 9.17) is 4.11 Å². The number of hydrogen-bond acceptors (Lipinski definition) is 1. The molecule has 0 atom stereocenters. The Kier molecular flexibility index (Phi) is 2.16. The van der Waals surface area contributed by atoms with Gasteiger partial charge in [-0.05, 0) is 63.3 Å². The van der Waals surface area contributed by atoms with Gasteiger partial charge in [-0.25, -0.2) is 0 Å². The normalized spacial score (nSPS) is 14.8. The summed E-state index contributed by atoms with van der Waals surface area (Å²) in [5, 5.41) is 5.38. The maximum absolute atomic E-state index is 7.88. The molecule has 0 spiro atoms. The molecule has 6 rings (SSSR count). The minimum atomic E-state index is -2.19. The molecule has 1 heteroatoms. The van der Waals surface area contributed by atoms with Gasteiger partial charge in [0.2, 0.25) is 0 Å². The van der Waals surface area contributed by atoms with Crippen molar-refractivity contribution in [3.05, 3.63) is 89.6 Å². The van der Waals surface area contributed by atoms with Gasteiger partial charge in [0.05, 0.1) is 5.52 Å². The number of rotatable bonds is 0. The van der Waals surface area contributed by atoms with E-state index in [0.717, 1.165) is 38.9 Å². The molecule has 0 bridgehead atoms. The Morgan fingerprint density at radius 1 is 0.808 bits per heavy atom. The standard InChI is InChI=1S/C25H17N/c1-15-12-22-24-20(19-8-4-5-9-21(19)25(22)26-14-15)11-10-17-13-16-6-2-3-7-18(16)23(17)24/h2-12,14H,13H2,1H3/i1D3. The van der Waals surface area contributed by atoms with Gasteiger partial charge in [-0.15, -0.1) is 0 Å². The highest BCUT2D eigenvalue weighted by atomic mass is 14.7. The van der Waals surface area contributed by atoms with Crippen molar-refractivity contribution in [1.29, 1.82) is 0 Å². The van der Waals surface area contributed by atoms with Crippen molar-refractivity contribution in [3.63, 3.8) is 0 Å². The molecule has 1 aromatic heterocycles. The van der Waals surface area contributed by atoms with Crippen LogP contribution in [-0.2, 0) is 6.42 Å². The maximum atomic E-state index is 7.88. The van der Waals surface area contributed by atoms with E-state index >= 15 is 0 Å². The van der Waals surface area contributed by atoms with E-state index in [0.29, 0.717) is 0 Å². The van der Waals surface area contributed by atoms with Crippen LogP contribution in [0.1, 0.15) is 20.8 Å². The van der Waals surface area contributed by atoms with Crippen LogP contribution in [0.3, 0.4) is 0 Å². The molecule has 1 aliphatic rings. The van der Waals surface area contributed by atoms with E-state index in [1.165, 1.54) is 28.5 Å². The van der Waals surface area contributed by atoms with E-state index in [-0.39, 0.29) is 5.56 Å². The number of benzene rings is 4. The lowest BCUT2D eigenvalue weighted by molar-refractivity contribution is 1.27. The summed E-state index contributed by atoms with van der Waals surface area (Å²) in [5.74, 6) is 0. The molecule has 1 heterocycles. The molecule has 0 unspecified atom stereocenters. The second-order valence-corrected chi connectivity index (χ2v) is 7.02. The van der Waals surface area contributed by atoms with Crippen molar-refractivity contribution < 1.29 is 4.11 Å². The van der Waals surface area contributed by atoms with Gasteiger partial charge in [0.15, 0.2) is 0 Å². The lowest BCUT2D eigenvalue weighted by Gasteiger charge is -2.14. The molecule has 4 aromatic carbocycles. The van der Waals surface area contributed by atoms with Crippen LogP contribution in [0.2, 0.25) is 0 Å². The van der Waals surface area contributed by atoms with Crippen LogP contribution in [0.4, 0.5) is 0 Å². The zero-order valence-electron chi connectivity index (χ0n) is 17.1. The molecule has 0 aliphatic heterocycles. The fraction of sp³-hybridized carbons (Fsp3) is 0.0800. The van der Waals surface area contributed by atoms with Gasteiger partial charge in [0.25, 0.3) is 0 Å². The minimum Gasteiger partial charge on any atom is -0.255 e. The molecule has 26 heavy (non-hydrogen) atoms. The lowest BCUT2D eigenvalue weighted by atomic mass is 9.90. The fourth-order valence-electron chi connectivity index (χ4n) is 4.52. The number of pyridine rings is 1. The molecular formula is C25H17N. The van der Waals surface area contributed by atoms with Crippen LogP contribution in [-0.4, -0.2) is 4.98 Å². The molecule has 1 aliphatic carbocycles. The largest absolute Gasteiger partial charge is 0.255 e. The summed E-state index contributed by atoms with van der Waals surface area (Å²) in [6.45, 7) is -2.19. The number of nitrogens with zero attached hydrogens (tertiary/aromatic N) is 1. The second-order valence-electron chi connectivity index (χ2n) is 7.02. The van der Waals surface area contributed by atoms with Crippen molar-refractivity contribution >= 4 is 32.4 Å². The Morgan fingerprint density at radius 3 is 2.58 bits per heavy atom. The zero-order valence-corrected chi connectivity index (χ0v) is 14.1. The van der Waals surface area contributed by atoms with Gasteiger partial charge < -0.3 is 0 Å². The summed E-state index contributed by atoms with van der Waals surface area (Å²) >= 11 is 0. The summed E-state index contributed by atoms with van der Waals surface area (Å²) in [5.41, 5.74) is 6.21. The molecule has 122 valence electrons. The Balaban J connectivity index is 1.89.